The largest absolute Gasteiger partial charge is 0.478 e. The Kier molecular flexibility index (Phi) is 4.21. The first-order valence-electron chi connectivity index (χ1n) is 6.44. The Morgan fingerprint density at radius 2 is 1.90 bits per heavy atom. The Morgan fingerprint density at radius 1 is 1.19 bits per heavy atom. The molecule has 5 heteroatoms. The minimum Gasteiger partial charge on any atom is -0.478 e. The van der Waals surface area contributed by atoms with E-state index in [1.165, 1.54) is 12.1 Å². The van der Waals surface area contributed by atoms with Crippen molar-refractivity contribution in [3.63, 3.8) is 0 Å². The molecule has 0 heterocycles. The monoisotopic (exact) mass is 291 g/mol. The molecule has 0 saturated carbocycles. The summed E-state index contributed by atoms with van der Waals surface area (Å²) < 4.78 is 27.0. The van der Waals surface area contributed by atoms with Crippen LogP contribution in [0.3, 0.4) is 0 Å². The molecule has 2 rings (SSSR count). The summed E-state index contributed by atoms with van der Waals surface area (Å²) in [5, 5.41) is 12.0. The van der Waals surface area contributed by atoms with Gasteiger partial charge in [0.2, 0.25) is 0 Å². The maximum atomic E-state index is 13.7. The van der Waals surface area contributed by atoms with Gasteiger partial charge in [-0.15, -0.1) is 0 Å². The number of anilines is 1. The number of hydrogen-bond donors (Lipinski definition) is 2. The van der Waals surface area contributed by atoms with Gasteiger partial charge < -0.3 is 10.4 Å². The van der Waals surface area contributed by atoms with Crippen LogP contribution in [0.5, 0.6) is 0 Å². The SMILES string of the molecule is Cc1ccc(C(=O)O)cc1NC(C)c1cc(F)ccc1F. The number of aromatic carboxylic acids is 1. The van der Waals surface area contributed by atoms with Crippen molar-refractivity contribution in [1.29, 1.82) is 0 Å². The Morgan fingerprint density at radius 3 is 2.57 bits per heavy atom. The molecule has 0 fully saturated rings. The van der Waals surface area contributed by atoms with E-state index in [0.29, 0.717) is 5.69 Å². The molecule has 3 nitrogen and oxygen atoms in total. The van der Waals surface area contributed by atoms with Crippen LogP contribution in [0, 0.1) is 18.6 Å². The lowest BCUT2D eigenvalue weighted by Gasteiger charge is -2.18. The van der Waals surface area contributed by atoms with Crippen LogP contribution in [0.25, 0.3) is 0 Å². The van der Waals surface area contributed by atoms with Crippen molar-refractivity contribution < 1.29 is 18.7 Å². The predicted octanol–water partition coefficient (Wildman–Crippen LogP) is 4.14. The zero-order valence-corrected chi connectivity index (χ0v) is 11.7. The highest BCUT2D eigenvalue weighted by Gasteiger charge is 2.14. The van der Waals surface area contributed by atoms with Crippen molar-refractivity contribution >= 4 is 11.7 Å². The Bertz CT molecular complexity index is 686. The fourth-order valence-electron chi connectivity index (χ4n) is 2.07. The van der Waals surface area contributed by atoms with E-state index in [9.17, 15) is 13.6 Å². The zero-order chi connectivity index (χ0) is 15.6. The maximum Gasteiger partial charge on any atom is 0.335 e. The minimum absolute atomic E-state index is 0.134. The molecule has 2 aromatic carbocycles. The summed E-state index contributed by atoms with van der Waals surface area (Å²) in [6.07, 6.45) is 0. The highest BCUT2D eigenvalue weighted by molar-refractivity contribution is 5.89. The summed E-state index contributed by atoms with van der Waals surface area (Å²) in [6.45, 7) is 3.49. The molecule has 0 aliphatic carbocycles. The lowest BCUT2D eigenvalue weighted by atomic mass is 10.1. The molecule has 1 unspecified atom stereocenters. The normalized spacial score (nSPS) is 12.0. The van der Waals surface area contributed by atoms with E-state index < -0.39 is 23.6 Å². The van der Waals surface area contributed by atoms with Crippen LogP contribution >= 0.6 is 0 Å². The molecule has 0 aliphatic heterocycles. The van der Waals surface area contributed by atoms with Gasteiger partial charge in [-0.1, -0.05) is 6.07 Å². The van der Waals surface area contributed by atoms with Crippen molar-refractivity contribution in [2.75, 3.05) is 5.32 Å². The van der Waals surface area contributed by atoms with Crippen LogP contribution < -0.4 is 5.32 Å². The van der Waals surface area contributed by atoms with Crippen LogP contribution in [0.15, 0.2) is 36.4 Å². The third-order valence-corrected chi connectivity index (χ3v) is 3.28. The second kappa shape index (κ2) is 5.91. The Labute approximate surface area is 121 Å². The number of carboxylic acids is 1. The predicted molar refractivity (Wildman–Crippen MR) is 76.5 cm³/mol. The van der Waals surface area contributed by atoms with Gasteiger partial charge in [-0.05, 0) is 49.7 Å². The summed E-state index contributed by atoms with van der Waals surface area (Å²) in [5.41, 5.74) is 1.72. The Hall–Kier alpha value is -2.43. The maximum absolute atomic E-state index is 13.7. The van der Waals surface area contributed by atoms with Gasteiger partial charge >= 0.3 is 5.97 Å². The standard InChI is InChI=1S/C16H15F2NO2/c1-9-3-4-11(16(20)21)7-15(9)19-10(2)13-8-12(17)5-6-14(13)18/h3-8,10,19H,1-2H3,(H,20,21). The van der Waals surface area contributed by atoms with Gasteiger partial charge in [0.05, 0.1) is 11.6 Å². The molecule has 0 spiro atoms. The molecule has 1 atom stereocenters. The molecular weight excluding hydrogens is 276 g/mol. The number of halogens is 2. The fourth-order valence-corrected chi connectivity index (χ4v) is 2.07. The molecule has 21 heavy (non-hydrogen) atoms. The van der Waals surface area contributed by atoms with Gasteiger partial charge in [0.15, 0.2) is 0 Å². The third-order valence-electron chi connectivity index (χ3n) is 3.28. The lowest BCUT2D eigenvalue weighted by molar-refractivity contribution is 0.0697. The van der Waals surface area contributed by atoms with Crippen molar-refractivity contribution in [1.82, 2.24) is 0 Å². The number of rotatable bonds is 4. The van der Waals surface area contributed by atoms with Gasteiger partial charge in [0.25, 0.3) is 0 Å². The van der Waals surface area contributed by atoms with Crippen LogP contribution in [-0.2, 0) is 0 Å². The topological polar surface area (TPSA) is 49.3 Å². The molecule has 0 aromatic heterocycles. The van der Waals surface area contributed by atoms with E-state index in [-0.39, 0.29) is 11.1 Å². The number of hydrogen-bond acceptors (Lipinski definition) is 2. The Balaban J connectivity index is 2.31. The van der Waals surface area contributed by atoms with Crippen LogP contribution in [-0.4, -0.2) is 11.1 Å². The van der Waals surface area contributed by atoms with Crippen LogP contribution in [0.1, 0.15) is 34.5 Å². The zero-order valence-electron chi connectivity index (χ0n) is 11.7. The number of nitrogens with one attached hydrogen (secondary N) is 1. The first kappa shape index (κ1) is 15.0. The second-order valence-corrected chi connectivity index (χ2v) is 4.87. The molecule has 2 aromatic rings. The number of benzene rings is 2. The highest BCUT2D eigenvalue weighted by Crippen LogP contribution is 2.25. The average molecular weight is 291 g/mol. The average Bonchev–Trinajstić information content (AvgIpc) is 2.43. The first-order valence-corrected chi connectivity index (χ1v) is 6.44. The summed E-state index contributed by atoms with van der Waals surface area (Å²) in [6, 6.07) is 7.40. The van der Waals surface area contributed by atoms with E-state index in [0.717, 1.165) is 23.8 Å². The second-order valence-electron chi connectivity index (χ2n) is 4.87. The molecular formula is C16H15F2NO2. The van der Waals surface area contributed by atoms with E-state index in [2.05, 4.69) is 5.32 Å². The van der Waals surface area contributed by atoms with E-state index in [1.54, 1.807) is 13.0 Å². The first-order chi connectivity index (χ1) is 9.88. The highest BCUT2D eigenvalue weighted by atomic mass is 19.1. The summed E-state index contributed by atoms with van der Waals surface area (Å²) in [5.74, 6) is -2.07. The number of aryl methyl sites for hydroxylation is 1. The van der Waals surface area contributed by atoms with Crippen LogP contribution in [0.2, 0.25) is 0 Å². The van der Waals surface area contributed by atoms with Crippen molar-refractivity contribution in [3.8, 4) is 0 Å². The third kappa shape index (κ3) is 3.37. The quantitative estimate of drug-likeness (QED) is 0.890. The smallest absolute Gasteiger partial charge is 0.335 e. The van der Waals surface area contributed by atoms with Crippen molar-refractivity contribution in [3.05, 3.63) is 64.7 Å². The van der Waals surface area contributed by atoms with Crippen molar-refractivity contribution in [2.24, 2.45) is 0 Å². The summed E-state index contributed by atoms with van der Waals surface area (Å²) in [4.78, 5) is 11.0. The molecule has 0 radical (unpaired) electrons. The van der Waals surface area contributed by atoms with E-state index in [1.807, 2.05) is 6.92 Å². The van der Waals surface area contributed by atoms with Gasteiger partial charge in [0, 0.05) is 11.3 Å². The molecule has 2 N–H and O–H groups in total. The van der Waals surface area contributed by atoms with Gasteiger partial charge in [-0.25, -0.2) is 13.6 Å². The number of carboxylic acid groups (broad SMARTS) is 1. The molecule has 0 amide bonds. The minimum atomic E-state index is -1.04. The molecule has 0 bridgehead atoms. The van der Waals surface area contributed by atoms with Gasteiger partial charge in [-0.2, -0.15) is 0 Å². The summed E-state index contributed by atoms with van der Waals surface area (Å²) in [7, 11) is 0. The van der Waals surface area contributed by atoms with Crippen LogP contribution in [0.4, 0.5) is 14.5 Å². The molecule has 0 aliphatic rings. The van der Waals surface area contributed by atoms with Crippen molar-refractivity contribution in [2.45, 2.75) is 19.9 Å². The van der Waals surface area contributed by atoms with Gasteiger partial charge in [-0.3, -0.25) is 0 Å². The molecule has 0 saturated heterocycles. The van der Waals surface area contributed by atoms with E-state index in [4.69, 9.17) is 5.11 Å². The van der Waals surface area contributed by atoms with Gasteiger partial charge in [0.1, 0.15) is 11.6 Å². The number of carbonyl (C=O) groups is 1. The summed E-state index contributed by atoms with van der Waals surface area (Å²) >= 11 is 0. The lowest BCUT2D eigenvalue weighted by Crippen LogP contribution is -2.11. The molecule has 110 valence electrons. The fraction of sp³-hybridized carbons (Fsp3) is 0.188. The van der Waals surface area contributed by atoms with E-state index >= 15 is 0 Å².